The number of sulfone groups is 1. The van der Waals surface area contributed by atoms with Crippen molar-refractivity contribution in [2.24, 2.45) is 0 Å². The number of rotatable bonds is 5. The number of halogens is 1. The molecule has 11 heteroatoms. The fourth-order valence-electron chi connectivity index (χ4n) is 3.54. The van der Waals surface area contributed by atoms with Crippen LogP contribution in [0.4, 0.5) is 0 Å². The van der Waals surface area contributed by atoms with Crippen molar-refractivity contribution in [1.82, 2.24) is 14.7 Å². The third-order valence-electron chi connectivity index (χ3n) is 5.30. The van der Waals surface area contributed by atoms with Crippen molar-refractivity contribution in [1.29, 1.82) is 5.26 Å². The molecule has 1 saturated heterocycles. The summed E-state index contributed by atoms with van der Waals surface area (Å²) in [4.78, 5) is 30.3. The molecule has 0 unspecified atom stereocenters. The van der Waals surface area contributed by atoms with E-state index in [-0.39, 0.29) is 34.9 Å². The molecule has 1 aromatic carbocycles. The number of nitrogens with one attached hydrogen (secondary N) is 1. The fraction of sp³-hybridized carbons (Fsp3) is 0.217. The van der Waals surface area contributed by atoms with Crippen molar-refractivity contribution in [2.75, 3.05) is 11.5 Å². The molecule has 1 atom stereocenters. The van der Waals surface area contributed by atoms with Crippen LogP contribution in [-0.2, 0) is 14.6 Å². The molecule has 0 aliphatic carbocycles. The maximum absolute atomic E-state index is 13.2. The van der Waals surface area contributed by atoms with E-state index in [0.29, 0.717) is 16.4 Å². The van der Waals surface area contributed by atoms with Crippen LogP contribution in [0, 0.1) is 18.3 Å². The lowest BCUT2D eigenvalue weighted by Gasteiger charge is -2.12. The summed E-state index contributed by atoms with van der Waals surface area (Å²) in [6, 6.07) is 11.1. The van der Waals surface area contributed by atoms with Crippen LogP contribution < -0.4 is 15.6 Å². The second-order valence-corrected chi connectivity index (χ2v) is 10.5. The molecule has 1 amide bonds. The number of nitrogens with zero attached hydrogens (tertiary/aromatic N) is 3. The van der Waals surface area contributed by atoms with Gasteiger partial charge in [-0.25, -0.2) is 8.42 Å². The molecule has 34 heavy (non-hydrogen) atoms. The normalized spacial score (nSPS) is 17.3. The summed E-state index contributed by atoms with van der Waals surface area (Å²) in [5.41, 5.74) is 0.0235. The Morgan fingerprint density at radius 3 is 2.82 bits per heavy atom. The van der Waals surface area contributed by atoms with E-state index >= 15 is 0 Å². The van der Waals surface area contributed by atoms with Gasteiger partial charge in [-0.3, -0.25) is 14.0 Å². The zero-order valence-corrected chi connectivity index (χ0v) is 19.6. The summed E-state index contributed by atoms with van der Waals surface area (Å²) in [6.07, 6.45) is 2.87. The van der Waals surface area contributed by atoms with Crippen molar-refractivity contribution in [2.45, 2.75) is 19.4 Å². The van der Waals surface area contributed by atoms with Crippen LogP contribution in [0.25, 0.3) is 11.7 Å². The van der Waals surface area contributed by atoms with E-state index in [2.05, 4.69) is 10.3 Å². The number of hydrogen-bond acceptors (Lipinski definition) is 7. The number of carbonyl (C=O) groups is 1. The molecular formula is C23H19ClN4O5S. The highest BCUT2D eigenvalue weighted by molar-refractivity contribution is 7.91. The highest BCUT2D eigenvalue weighted by Crippen LogP contribution is 2.27. The van der Waals surface area contributed by atoms with Gasteiger partial charge in [-0.2, -0.15) is 10.2 Å². The molecule has 3 heterocycles. The van der Waals surface area contributed by atoms with Gasteiger partial charge in [0.05, 0.1) is 11.5 Å². The average molecular weight is 499 g/mol. The number of amides is 1. The van der Waals surface area contributed by atoms with Gasteiger partial charge in [-0.1, -0.05) is 17.7 Å². The van der Waals surface area contributed by atoms with Crippen LogP contribution in [-0.4, -0.2) is 41.3 Å². The first kappa shape index (κ1) is 23.5. The van der Waals surface area contributed by atoms with Crippen LogP contribution in [0.1, 0.15) is 17.5 Å². The van der Waals surface area contributed by atoms with Crippen LogP contribution in [0.2, 0.25) is 5.02 Å². The number of carbonyl (C=O) groups excluding carboxylic acids is 1. The largest absolute Gasteiger partial charge is 0.438 e. The number of aryl methyl sites for hydroxylation is 1. The first-order chi connectivity index (χ1) is 16.2. The standard InChI is InChI=1S/C23H19ClN4O5S/c1-14-10-17(5-6-19(14)24)33-22-18(23(30)28-8-3-2-4-20(28)27-22)11-15(12-25)21(29)26-16-7-9-34(31,32)13-16/h2-6,8,10-11,16H,7,9,13H2,1H3,(H,26,29)/b15-11+/t16-/m1/s1. The summed E-state index contributed by atoms with van der Waals surface area (Å²) >= 11 is 6.08. The molecule has 174 valence electrons. The lowest BCUT2D eigenvalue weighted by Crippen LogP contribution is -2.36. The van der Waals surface area contributed by atoms with Gasteiger partial charge in [-0.15, -0.1) is 0 Å². The first-order valence-electron chi connectivity index (χ1n) is 10.3. The third-order valence-corrected chi connectivity index (χ3v) is 7.49. The van der Waals surface area contributed by atoms with E-state index in [0.717, 1.165) is 11.6 Å². The van der Waals surface area contributed by atoms with E-state index in [9.17, 15) is 23.3 Å². The molecule has 0 spiro atoms. The molecular weight excluding hydrogens is 480 g/mol. The summed E-state index contributed by atoms with van der Waals surface area (Å²) in [6.45, 7) is 1.79. The predicted molar refractivity (Wildman–Crippen MR) is 127 cm³/mol. The molecule has 1 aliphatic rings. The first-order valence-corrected chi connectivity index (χ1v) is 12.5. The maximum atomic E-state index is 13.2. The molecule has 0 bridgehead atoms. The quantitative estimate of drug-likeness (QED) is 0.422. The summed E-state index contributed by atoms with van der Waals surface area (Å²) in [5.74, 6) is -0.736. The number of aromatic nitrogens is 2. The highest BCUT2D eigenvalue weighted by atomic mass is 35.5. The monoisotopic (exact) mass is 498 g/mol. The van der Waals surface area contributed by atoms with Crippen molar-refractivity contribution < 1.29 is 17.9 Å². The van der Waals surface area contributed by atoms with E-state index in [1.165, 1.54) is 10.6 Å². The average Bonchev–Trinajstić information content (AvgIpc) is 3.14. The molecule has 1 N–H and O–H groups in total. The molecule has 0 radical (unpaired) electrons. The van der Waals surface area contributed by atoms with Gasteiger partial charge in [0.25, 0.3) is 11.5 Å². The lowest BCUT2D eigenvalue weighted by molar-refractivity contribution is -0.117. The summed E-state index contributed by atoms with van der Waals surface area (Å²) in [5, 5.41) is 12.7. The van der Waals surface area contributed by atoms with Crippen molar-refractivity contribution in [3.63, 3.8) is 0 Å². The van der Waals surface area contributed by atoms with Crippen LogP contribution >= 0.6 is 11.6 Å². The van der Waals surface area contributed by atoms with Gasteiger partial charge in [0.1, 0.15) is 28.6 Å². The highest BCUT2D eigenvalue weighted by Gasteiger charge is 2.30. The number of pyridine rings is 1. The van der Waals surface area contributed by atoms with E-state index in [4.69, 9.17) is 16.3 Å². The van der Waals surface area contributed by atoms with E-state index < -0.39 is 27.3 Å². The minimum Gasteiger partial charge on any atom is -0.438 e. The van der Waals surface area contributed by atoms with E-state index in [1.54, 1.807) is 49.4 Å². The zero-order chi connectivity index (χ0) is 24.5. The molecule has 3 aromatic rings. The van der Waals surface area contributed by atoms with Crippen molar-refractivity contribution in [3.05, 3.63) is 74.7 Å². The Labute approximate surface area is 200 Å². The van der Waals surface area contributed by atoms with Gasteiger partial charge in [0.15, 0.2) is 9.84 Å². The van der Waals surface area contributed by atoms with Gasteiger partial charge < -0.3 is 10.1 Å². The van der Waals surface area contributed by atoms with Gasteiger partial charge in [0, 0.05) is 17.3 Å². The minimum atomic E-state index is -3.22. The van der Waals surface area contributed by atoms with Gasteiger partial charge >= 0.3 is 0 Å². The predicted octanol–water partition coefficient (Wildman–Crippen LogP) is 2.66. The molecule has 0 saturated carbocycles. The van der Waals surface area contributed by atoms with E-state index in [1.807, 2.05) is 0 Å². The summed E-state index contributed by atoms with van der Waals surface area (Å²) < 4.78 is 30.5. The Morgan fingerprint density at radius 1 is 1.35 bits per heavy atom. The van der Waals surface area contributed by atoms with Gasteiger partial charge in [0.2, 0.25) is 5.88 Å². The minimum absolute atomic E-state index is 0.0298. The topological polar surface area (TPSA) is 131 Å². The Balaban J connectivity index is 1.76. The number of fused-ring (bicyclic) bond motifs is 1. The smallest absolute Gasteiger partial charge is 0.269 e. The third kappa shape index (κ3) is 4.95. The SMILES string of the molecule is Cc1cc(Oc2nc3ccccn3c(=O)c2/C=C(\C#N)C(=O)N[C@@H]2CCS(=O)(=O)C2)ccc1Cl. The van der Waals surface area contributed by atoms with Crippen molar-refractivity contribution in [3.8, 4) is 17.7 Å². The molecule has 1 fully saturated rings. The van der Waals surface area contributed by atoms with Gasteiger partial charge in [-0.05, 0) is 55.3 Å². The van der Waals surface area contributed by atoms with Crippen LogP contribution in [0.5, 0.6) is 11.6 Å². The zero-order valence-electron chi connectivity index (χ0n) is 18.0. The molecule has 4 rings (SSSR count). The van der Waals surface area contributed by atoms with Crippen molar-refractivity contribution >= 4 is 39.1 Å². The Kier molecular flexibility index (Phi) is 6.41. The number of nitriles is 1. The summed E-state index contributed by atoms with van der Waals surface area (Å²) in [7, 11) is -3.22. The number of benzene rings is 1. The molecule has 1 aliphatic heterocycles. The molecule has 2 aromatic heterocycles. The van der Waals surface area contributed by atoms with Crippen LogP contribution in [0.3, 0.4) is 0 Å². The second-order valence-electron chi connectivity index (χ2n) is 7.82. The van der Waals surface area contributed by atoms with Crippen LogP contribution in [0.15, 0.2) is 53.0 Å². The maximum Gasteiger partial charge on any atom is 0.269 e. The Morgan fingerprint density at radius 2 is 2.15 bits per heavy atom. The lowest BCUT2D eigenvalue weighted by atomic mass is 10.1. The Bertz CT molecular complexity index is 1540. The number of ether oxygens (including phenoxy) is 1. The number of hydrogen-bond donors (Lipinski definition) is 1. The fourth-order valence-corrected chi connectivity index (χ4v) is 5.33. The molecule has 9 nitrogen and oxygen atoms in total. The second kappa shape index (κ2) is 9.29. The Hall–Kier alpha value is -3.68.